The van der Waals surface area contributed by atoms with Crippen molar-refractivity contribution < 1.29 is 46.2 Å². The number of amides is 2. The molecule has 0 saturated carbocycles. The van der Waals surface area contributed by atoms with Gasteiger partial charge >= 0.3 is 23.2 Å². The topological polar surface area (TPSA) is 176 Å². The summed E-state index contributed by atoms with van der Waals surface area (Å²) in [6.45, 7) is 18.8. The van der Waals surface area contributed by atoms with Gasteiger partial charge in [-0.25, -0.2) is 19.7 Å². The maximum absolute atomic E-state index is 13.2. The molecule has 4 heterocycles. The van der Waals surface area contributed by atoms with Crippen LogP contribution in [0.3, 0.4) is 0 Å². The summed E-state index contributed by atoms with van der Waals surface area (Å²) in [7, 11) is -5.95. The fraction of sp³-hybridized carbons (Fsp3) is 0.490. The van der Waals surface area contributed by atoms with Crippen LogP contribution >= 0.6 is 0 Å². The molecule has 67 heavy (non-hydrogen) atoms. The number of fused-ring (bicyclic) bond motifs is 5. The van der Waals surface area contributed by atoms with E-state index < -0.39 is 47.8 Å². The molecule has 1 unspecified atom stereocenters. The van der Waals surface area contributed by atoms with Crippen LogP contribution in [0.2, 0.25) is 22.2 Å². The van der Waals surface area contributed by atoms with Crippen molar-refractivity contribution in [2.45, 2.75) is 108 Å². The van der Waals surface area contributed by atoms with Gasteiger partial charge in [0, 0.05) is 18.0 Å². The lowest BCUT2D eigenvalue weighted by Gasteiger charge is -2.51. The van der Waals surface area contributed by atoms with Crippen LogP contribution in [-0.4, -0.2) is 113 Å². The number of rotatable bonds is 18. The molecule has 0 radical (unpaired) electrons. The SMILES string of the molecule is CC(C)[Si]1(C(C)C)OC[C@H]2O[C@@H](n3cnc4c(NC(=O)c5ccccc5)ncnc43)C(OCOCCOCCNC(=O)OCC3c4ccccc4-c4ccccc43)[C@H]2O[Si](C(C)C)(C(C)C)O1. The Morgan fingerprint density at radius 3 is 2.09 bits per heavy atom. The van der Waals surface area contributed by atoms with Gasteiger partial charge in [-0.05, 0) is 56.6 Å². The van der Waals surface area contributed by atoms with Gasteiger partial charge in [-0.1, -0.05) is 122 Å². The van der Waals surface area contributed by atoms with Crippen LogP contribution in [0, 0.1) is 0 Å². The molecule has 18 heteroatoms. The number of carbonyl (C=O) groups is 2. The van der Waals surface area contributed by atoms with E-state index in [-0.39, 0.29) is 86.2 Å². The number of carbonyl (C=O) groups excluding carboxylic acids is 2. The first-order valence-corrected chi connectivity index (χ1v) is 27.4. The molecule has 2 aromatic heterocycles. The van der Waals surface area contributed by atoms with Gasteiger partial charge in [0.25, 0.3) is 5.91 Å². The first-order chi connectivity index (χ1) is 32.3. The van der Waals surface area contributed by atoms with E-state index in [1.165, 1.54) is 17.5 Å². The monoisotopic (exact) mass is 952 g/mol. The molecule has 2 aliphatic heterocycles. The minimum atomic E-state index is -3.08. The zero-order valence-corrected chi connectivity index (χ0v) is 41.7. The number of hydrogen-bond donors (Lipinski definition) is 2. The Bertz CT molecular complexity index is 2410. The molecule has 0 bridgehead atoms. The lowest BCUT2D eigenvalue weighted by Crippen LogP contribution is -2.66. The van der Waals surface area contributed by atoms with Crippen LogP contribution < -0.4 is 10.6 Å². The number of anilines is 1. The van der Waals surface area contributed by atoms with Gasteiger partial charge in [0.05, 0.1) is 32.8 Å². The number of aromatic nitrogens is 4. The van der Waals surface area contributed by atoms with Gasteiger partial charge in [-0.2, -0.15) is 0 Å². The molecule has 5 aromatic rings. The fourth-order valence-corrected chi connectivity index (χ4v) is 20.9. The third-order valence-corrected chi connectivity index (χ3v) is 23.3. The predicted octanol–water partition coefficient (Wildman–Crippen LogP) is 8.85. The maximum atomic E-state index is 13.2. The minimum Gasteiger partial charge on any atom is -0.449 e. The average molecular weight is 953 g/mol. The highest BCUT2D eigenvalue weighted by Crippen LogP contribution is 2.49. The summed E-state index contributed by atoms with van der Waals surface area (Å²) < 4.78 is 54.8. The van der Waals surface area contributed by atoms with Gasteiger partial charge in [0.1, 0.15) is 38.0 Å². The Kier molecular flexibility index (Phi) is 15.3. The summed E-state index contributed by atoms with van der Waals surface area (Å²) in [6, 6.07) is 25.4. The fourth-order valence-electron chi connectivity index (χ4n) is 9.70. The van der Waals surface area contributed by atoms with Crippen molar-refractivity contribution in [3.8, 4) is 11.1 Å². The van der Waals surface area contributed by atoms with Gasteiger partial charge in [-0.15, -0.1) is 0 Å². The van der Waals surface area contributed by atoms with Crippen LogP contribution in [-0.2, 0) is 36.7 Å². The summed E-state index contributed by atoms with van der Waals surface area (Å²) in [5.41, 5.74) is 6.43. The lowest BCUT2D eigenvalue weighted by atomic mass is 9.98. The lowest BCUT2D eigenvalue weighted by molar-refractivity contribution is -0.142. The highest BCUT2D eigenvalue weighted by atomic mass is 28.5. The Hall–Kier alpha value is -4.90. The number of nitrogens with zero attached hydrogens (tertiary/aromatic N) is 4. The van der Waals surface area contributed by atoms with Gasteiger partial charge in [-0.3, -0.25) is 9.36 Å². The smallest absolute Gasteiger partial charge is 0.407 e. The quantitative estimate of drug-likeness (QED) is 0.0485. The number of imidazole rings is 1. The van der Waals surface area contributed by atoms with Gasteiger partial charge in [0.2, 0.25) is 0 Å². The number of nitrogens with one attached hydrogen (secondary N) is 2. The van der Waals surface area contributed by atoms with Gasteiger partial charge in [0.15, 0.2) is 23.2 Å². The van der Waals surface area contributed by atoms with Gasteiger partial charge < -0.3 is 47.3 Å². The highest BCUT2D eigenvalue weighted by molar-refractivity contribution is 6.84. The molecular weight excluding hydrogens is 889 g/mol. The van der Waals surface area contributed by atoms with Crippen molar-refractivity contribution in [2.75, 3.05) is 51.7 Å². The molecule has 2 N–H and O–H groups in total. The molecular formula is C49H64N6O10Si2. The molecule has 2 fully saturated rings. The zero-order valence-electron chi connectivity index (χ0n) is 39.7. The Morgan fingerprint density at radius 2 is 1.42 bits per heavy atom. The molecule has 2 amide bonds. The molecule has 0 spiro atoms. The van der Waals surface area contributed by atoms with Crippen LogP contribution in [0.4, 0.5) is 10.6 Å². The summed E-state index contributed by atoms with van der Waals surface area (Å²) in [4.78, 5) is 39.5. The number of alkyl carbamates (subject to hydrolysis) is 1. The normalized spacial score (nSPS) is 21.0. The molecule has 358 valence electrons. The van der Waals surface area contributed by atoms with Crippen molar-refractivity contribution >= 4 is 46.1 Å². The van der Waals surface area contributed by atoms with E-state index in [1.54, 1.807) is 35.2 Å². The maximum Gasteiger partial charge on any atom is 0.407 e. The standard InChI is InChI=1S/C49H64N6O10Si2/c1-31(2)66(32(3)4)62-27-41-43(64-67(65-66,33(5)6)34(7)8)44(48(63-41)55-29-53-42-45(51-28-52-46(42)55)54-47(56)35-16-10-9-11-17-35)61-30-59-25-24-58-23-22-50-49(57)60-26-40-38-20-14-12-18-36(38)37-19-13-15-21-39(37)40/h9-21,28-29,31-34,40-41,43-44,48H,22-27,30H2,1-8H3,(H,50,57)(H,51,52,54,56)/t41-,43+,44?,48-/m1/s1. The summed E-state index contributed by atoms with van der Waals surface area (Å²) >= 11 is 0. The van der Waals surface area contributed by atoms with E-state index in [4.69, 9.17) is 36.7 Å². The van der Waals surface area contributed by atoms with E-state index in [2.05, 4.69) is 105 Å². The molecule has 1 aliphatic carbocycles. The third-order valence-electron chi connectivity index (χ3n) is 13.1. The van der Waals surface area contributed by atoms with Crippen molar-refractivity contribution in [3.05, 3.63) is 108 Å². The Labute approximate surface area is 394 Å². The van der Waals surface area contributed by atoms with E-state index in [1.807, 2.05) is 30.3 Å². The van der Waals surface area contributed by atoms with Crippen molar-refractivity contribution in [2.24, 2.45) is 0 Å². The predicted molar refractivity (Wildman–Crippen MR) is 257 cm³/mol. The Balaban J connectivity index is 0.919. The van der Waals surface area contributed by atoms with Crippen molar-refractivity contribution in [1.29, 1.82) is 0 Å². The molecule has 3 aliphatic rings. The summed E-state index contributed by atoms with van der Waals surface area (Å²) in [5.74, 6) is -0.0748. The second kappa shape index (κ2) is 21.2. The van der Waals surface area contributed by atoms with Crippen LogP contribution in [0.5, 0.6) is 0 Å². The molecule has 3 aromatic carbocycles. The second-order valence-corrected chi connectivity index (χ2v) is 27.4. The zero-order chi connectivity index (χ0) is 47.3. The van der Waals surface area contributed by atoms with E-state index >= 15 is 0 Å². The Morgan fingerprint density at radius 1 is 0.776 bits per heavy atom. The number of ether oxygens (including phenoxy) is 5. The van der Waals surface area contributed by atoms with Crippen LogP contribution in [0.25, 0.3) is 22.3 Å². The van der Waals surface area contributed by atoms with E-state index in [9.17, 15) is 9.59 Å². The second-order valence-electron chi connectivity index (χ2n) is 18.5. The third kappa shape index (κ3) is 10.00. The first-order valence-electron chi connectivity index (χ1n) is 23.4. The summed E-state index contributed by atoms with van der Waals surface area (Å²) in [5, 5.41) is 5.68. The van der Waals surface area contributed by atoms with E-state index in [0.29, 0.717) is 16.7 Å². The van der Waals surface area contributed by atoms with E-state index in [0.717, 1.165) is 11.1 Å². The van der Waals surface area contributed by atoms with Crippen LogP contribution in [0.15, 0.2) is 91.5 Å². The molecule has 4 atom stereocenters. The van der Waals surface area contributed by atoms with Crippen LogP contribution in [0.1, 0.15) is 89.0 Å². The first kappa shape index (κ1) is 48.6. The number of benzene rings is 3. The number of hydrogen-bond acceptors (Lipinski definition) is 13. The largest absolute Gasteiger partial charge is 0.449 e. The van der Waals surface area contributed by atoms with Crippen molar-refractivity contribution in [1.82, 2.24) is 24.8 Å². The molecule has 16 nitrogen and oxygen atoms in total. The average Bonchev–Trinajstić information content (AvgIpc) is 3.99. The van der Waals surface area contributed by atoms with Crippen molar-refractivity contribution in [3.63, 3.8) is 0 Å². The highest BCUT2D eigenvalue weighted by Gasteiger charge is 2.62. The summed E-state index contributed by atoms with van der Waals surface area (Å²) in [6.07, 6.45) is -0.117. The minimum absolute atomic E-state index is 0.0162. The molecule has 8 rings (SSSR count). The molecule has 2 saturated heterocycles.